The van der Waals surface area contributed by atoms with Gasteiger partial charge in [-0.25, -0.2) is 0 Å². The van der Waals surface area contributed by atoms with E-state index in [2.05, 4.69) is 11.0 Å². The zero-order valence-corrected chi connectivity index (χ0v) is 18.6. The van der Waals surface area contributed by atoms with Crippen LogP contribution in [-0.4, -0.2) is 58.0 Å². The first-order chi connectivity index (χ1) is 14.8. The fourth-order valence-electron chi connectivity index (χ4n) is 7.74. The lowest BCUT2D eigenvalue weighted by Crippen LogP contribution is -2.77. The van der Waals surface area contributed by atoms with Crippen molar-refractivity contribution in [1.29, 1.82) is 0 Å². The minimum atomic E-state index is -0.875. The fraction of sp³-hybridized carbons (Fsp3) is 0.800. The number of piperidine rings is 1. The zero-order chi connectivity index (χ0) is 21.5. The smallest absolute Gasteiger partial charge is 0.313 e. The summed E-state index contributed by atoms with van der Waals surface area (Å²) in [7, 11) is 0. The van der Waals surface area contributed by atoms with E-state index >= 15 is 0 Å². The van der Waals surface area contributed by atoms with Crippen molar-refractivity contribution in [3.8, 4) is 0 Å². The van der Waals surface area contributed by atoms with E-state index in [0.29, 0.717) is 24.4 Å². The number of ether oxygens (including phenoxy) is 2. The Kier molecular flexibility index (Phi) is 4.45. The largest absolute Gasteiger partial charge is 0.487 e. The van der Waals surface area contributed by atoms with Crippen molar-refractivity contribution in [2.75, 3.05) is 13.1 Å². The van der Waals surface area contributed by atoms with Crippen LogP contribution in [0.2, 0.25) is 0 Å². The predicted molar refractivity (Wildman–Crippen MR) is 114 cm³/mol. The molecule has 2 bridgehead atoms. The van der Waals surface area contributed by atoms with Gasteiger partial charge >= 0.3 is 5.97 Å². The van der Waals surface area contributed by atoms with Crippen LogP contribution in [-0.2, 0) is 14.3 Å². The van der Waals surface area contributed by atoms with Crippen molar-refractivity contribution < 1.29 is 24.5 Å². The number of rotatable bonds is 4. The number of hydrogen-bond acceptors (Lipinski definition) is 6. The molecular formula is C25H35NO5. The minimum Gasteiger partial charge on any atom is -0.487 e. The van der Waals surface area contributed by atoms with Crippen LogP contribution in [0.3, 0.4) is 0 Å². The summed E-state index contributed by atoms with van der Waals surface area (Å²) in [6.45, 7) is 5.67. The summed E-state index contributed by atoms with van der Waals surface area (Å²) < 4.78 is 12.2. The Morgan fingerprint density at radius 1 is 1.32 bits per heavy atom. The lowest BCUT2D eigenvalue weighted by Gasteiger charge is -2.67. The van der Waals surface area contributed by atoms with Gasteiger partial charge in [0.2, 0.25) is 0 Å². The van der Waals surface area contributed by atoms with E-state index in [0.717, 1.165) is 31.8 Å². The average Bonchev–Trinajstić information content (AvgIpc) is 3.05. The third-order valence-corrected chi connectivity index (χ3v) is 9.44. The molecule has 2 N–H and O–H groups in total. The van der Waals surface area contributed by atoms with Gasteiger partial charge in [0, 0.05) is 18.5 Å². The maximum absolute atomic E-state index is 12.4. The molecule has 2 aliphatic heterocycles. The van der Waals surface area contributed by atoms with Crippen LogP contribution >= 0.6 is 0 Å². The van der Waals surface area contributed by atoms with Gasteiger partial charge in [0.25, 0.3) is 0 Å². The summed E-state index contributed by atoms with van der Waals surface area (Å²) >= 11 is 0. The molecule has 0 radical (unpaired) electrons. The molecule has 4 aliphatic carbocycles. The van der Waals surface area contributed by atoms with E-state index in [1.165, 1.54) is 19.3 Å². The van der Waals surface area contributed by atoms with Crippen molar-refractivity contribution >= 4 is 5.97 Å². The molecule has 3 saturated carbocycles. The Bertz CT molecular complexity index is 847. The molecule has 2 heterocycles. The Morgan fingerprint density at radius 2 is 2.13 bits per heavy atom. The number of aliphatic hydroxyl groups excluding tert-OH is 1. The summed E-state index contributed by atoms with van der Waals surface area (Å²) in [6.07, 6.45) is 9.86. The molecule has 6 aliphatic rings. The molecule has 6 rings (SSSR count). The number of likely N-dealkylation sites (tertiary alicyclic amines) is 1. The van der Waals surface area contributed by atoms with Gasteiger partial charge in [-0.2, -0.15) is 0 Å². The van der Waals surface area contributed by atoms with Gasteiger partial charge in [-0.3, -0.25) is 9.69 Å². The van der Waals surface area contributed by atoms with Gasteiger partial charge < -0.3 is 19.7 Å². The number of allylic oxidation sites excluding steroid dienone is 3. The number of carbonyl (C=O) groups is 1. The molecular weight excluding hydrogens is 394 g/mol. The fourth-order valence-corrected chi connectivity index (χ4v) is 7.74. The molecule has 6 nitrogen and oxygen atoms in total. The quantitative estimate of drug-likeness (QED) is 0.669. The Hall–Kier alpha value is -1.37. The highest BCUT2D eigenvalue weighted by Gasteiger charge is 2.76. The van der Waals surface area contributed by atoms with Gasteiger partial charge in [0.1, 0.15) is 11.9 Å². The van der Waals surface area contributed by atoms with Gasteiger partial charge in [0.05, 0.1) is 23.0 Å². The van der Waals surface area contributed by atoms with E-state index in [1.807, 2.05) is 19.9 Å². The second-order valence-corrected chi connectivity index (χ2v) is 11.2. The average molecular weight is 430 g/mol. The molecule has 5 fully saturated rings. The molecule has 0 aromatic rings. The van der Waals surface area contributed by atoms with Crippen LogP contribution in [0, 0.1) is 29.1 Å². The molecule has 0 aromatic heterocycles. The van der Waals surface area contributed by atoms with E-state index in [9.17, 15) is 15.0 Å². The third kappa shape index (κ3) is 2.58. The summed E-state index contributed by atoms with van der Waals surface area (Å²) in [5.74, 6) is 1.64. The summed E-state index contributed by atoms with van der Waals surface area (Å²) in [4.78, 5) is 14.9. The highest BCUT2D eigenvalue weighted by atomic mass is 16.6. The maximum atomic E-state index is 12.4. The monoisotopic (exact) mass is 429 g/mol. The third-order valence-electron chi connectivity index (χ3n) is 9.44. The number of carbonyl (C=O) groups excluding carboxylic acids is 1. The van der Waals surface area contributed by atoms with Gasteiger partial charge in [-0.05, 0) is 63.0 Å². The summed E-state index contributed by atoms with van der Waals surface area (Å²) in [5, 5.41) is 23.3. The first-order valence-corrected chi connectivity index (χ1v) is 12.3. The van der Waals surface area contributed by atoms with E-state index in [4.69, 9.17) is 9.47 Å². The van der Waals surface area contributed by atoms with E-state index in [1.54, 1.807) is 0 Å². The Balaban J connectivity index is 1.41. The SMILES string of the molecule is CC(C)C(=O)OC1=C2OC3C(O)CCC4(O)C5CC(C=C1)C2C34CCN5CC1CCC1. The van der Waals surface area contributed by atoms with Crippen molar-refractivity contribution in [3.63, 3.8) is 0 Å². The molecule has 6 heteroatoms. The van der Waals surface area contributed by atoms with Crippen molar-refractivity contribution in [2.24, 2.45) is 29.1 Å². The Labute approximate surface area is 184 Å². The molecule has 7 atom stereocenters. The summed E-state index contributed by atoms with van der Waals surface area (Å²) in [5.41, 5.74) is -1.38. The molecule has 1 spiro atoms. The molecule has 0 amide bonds. The lowest BCUT2D eigenvalue weighted by molar-refractivity contribution is -0.268. The molecule has 31 heavy (non-hydrogen) atoms. The first kappa shape index (κ1) is 20.3. The number of aliphatic hydroxyl groups is 2. The van der Waals surface area contributed by atoms with Crippen molar-refractivity contribution in [3.05, 3.63) is 23.7 Å². The molecule has 0 aromatic carbocycles. The predicted octanol–water partition coefficient (Wildman–Crippen LogP) is 2.75. The number of esters is 1. The highest BCUT2D eigenvalue weighted by molar-refractivity contribution is 5.73. The van der Waals surface area contributed by atoms with E-state index < -0.39 is 23.2 Å². The molecule has 7 unspecified atom stereocenters. The van der Waals surface area contributed by atoms with Crippen LogP contribution in [0.4, 0.5) is 0 Å². The van der Waals surface area contributed by atoms with E-state index in [-0.39, 0.29) is 29.8 Å². The van der Waals surface area contributed by atoms with Gasteiger partial charge in [-0.15, -0.1) is 0 Å². The van der Waals surface area contributed by atoms with Crippen LogP contribution < -0.4 is 0 Å². The number of hydrogen-bond donors (Lipinski definition) is 2. The lowest BCUT2D eigenvalue weighted by atomic mass is 9.44. The van der Waals surface area contributed by atoms with Crippen LogP contribution in [0.15, 0.2) is 23.7 Å². The highest BCUT2D eigenvalue weighted by Crippen LogP contribution is 2.70. The van der Waals surface area contributed by atoms with Crippen molar-refractivity contribution in [1.82, 2.24) is 4.90 Å². The maximum Gasteiger partial charge on any atom is 0.313 e. The normalized spacial score (nSPS) is 45.9. The van der Waals surface area contributed by atoms with Crippen molar-refractivity contribution in [2.45, 2.75) is 82.6 Å². The standard InChI is InChI=1S/C25H35NO5/c1-14(2)23(28)30-18-7-6-16-12-19-25(29)9-8-17(27)22-24(25,20(16)21(18)31-22)10-11-26(19)13-15-4-3-5-15/h6-7,14-17,19-20,22,27,29H,3-5,8-13H2,1-2H3. The number of nitrogens with zero attached hydrogens (tertiary/aromatic N) is 1. The second-order valence-electron chi connectivity index (χ2n) is 11.2. The van der Waals surface area contributed by atoms with Gasteiger partial charge in [-0.1, -0.05) is 26.3 Å². The molecule has 2 saturated heterocycles. The van der Waals surface area contributed by atoms with Gasteiger partial charge in [0.15, 0.2) is 5.76 Å². The van der Waals surface area contributed by atoms with Crippen LogP contribution in [0.1, 0.15) is 58.8 Å². The molecule has 170 valence electrons. The Morgan fingerprint density at radius 3 is 2.84 bits per heavy atom. The van der Waals surface area contributed by atoms with Crippen LogP contribution in [0.5, 0.6) is 0 Å². The summed E-state index contributed by atoms with van der Waals surface area (Å²) in [6, 6.07) is 0.102. The topological polar surface area (TPSA) is 79.2 Å². The second kappa shape index (κ2) is 6.82. The van der Waals surface area contributed by atoms with Crippen LogP contribution in [0.25, 0.3) is 0 Å². The first-order valence-electron chi connectivity index (χ1n) is 12.3. The minimum absolute atomic E-state index is 0.0282. The zero-order valence-electron chi connectivity index (χ0n) is 18.6.